The maximum Gasteiger partial charge on any atom is 0.0437 e. The van der Waals surface area contributed by atoms with Gasteiger partial charge in [0.05, 0.1) is 0 Å². The third-order valence-corrected chi connectivity index (χ3v) is 4.14. The number of aromatic nitrogens is 1. The molecule has 1 heteroatoms. The molecule has 0 saturated carbocycles. The standard InChI is InChI=1S/C19H33N/c1-4-6-8-10-14-18(15-11-9-7-5-2)19-16-12-13-17(3)20-19/h12-13,16,18H,4-11,14-15H2,1-3H3. The van der Waals surface area contributed by atoms with Gasteiger partial charge in [-0.15, -0.1) is 0 Å². The number of aryl methyl sites for hydroxylation is 1. The maximum atomic E-state index is 4.77. The van der Waals surface area contributed by atoms with Crippen molar-refractivity contribution in [3.8, 4) is 0 Å². The van der Waals surface area contributed by atoms with E-state index >= 15 is 0 Å². The second kappa shape index (κ2) is 10.9. The van der Waals surface area contributed by atoms with Gasteiger partial charge in [-0.1, -0.05) is 71.3 Å². The Morgan fingerprint density at radius 2 is 1.45 bits per heavy atom. The van der Waals surface area contributed by atoms with Crippen molar-refractivity contribution in [3.63, 3.8) is 0 Å². The highest BCUT2D eigenvalue weighted by molar-refractivity contribution is 5.14. The van der Waals surface area contributed by atoms with Gasteiger partial charge in [0.2, 0.25) is 0 Å². The van der Waals surface area contributed by atoms with Crippen LogP contribution in [0.25, 0.3) is 0 Å². The van der Waals surface area contributed by atoms with E-state index in [0.717, 1.165) is 5.69 Å². The Kier molecular flexibility index (Phi) is 9.36. The largest absolute Gasteiger partial charge is 0.258 e. The van der Waals surface area contributed by atoms with E-state index in [0.29, 0.717) is 5.92 Å². The second-order valence-corrected chi connectivity index (χ2v) is 6.10. The van der Waals surface area contributed by atoms with Crippen LogP contribution in [0.5, 0.6) is 0 Å². The summed E-state index contributed by atoms with van der Waals surface area (Å²) in [5.74, 6) is 0.684. The van der Waals surface area contributed by atoms with Crippen LogP contribution < -0.4 is 0 Å². The topological polar surface area (TPSA) is 12.9 Å². The summed E-state index contributed by atoms with van der Waals surface area (Å²) in [4.78, 5) is 4.77. The summed E-state index contributed by atoms with van der Waals surface area (Å²) in [6.07, 6.45) is 13.5. The Morgan fingerprint density at radius 1 is 0.850 bits per heavy atom. The molecule has 0 aliphatic heterocycles. The Balaban J connectivity index is 2.49. The van der Waals surface area contributed by atoms with Crippen LogP contribution in [0.2, 0.25) is 0 Å². The van der Waals surface area contributed by atoms with Crippen molar-refractivity contribution in [2.75, 3.05) is 0 Å². The number of hydrogen-bond donors (Lipinski definition) is 0. The van der Waals surface area contributed by atoms with E-state index in [1.165, 1.54) is 69.9 Å². The Morgan fingerprint density at radius 3 is 1.95 bits per heavy atom. The van der Waals surface area contributed by atoms with Gasteiger partial charge in [-0.3, -0.25) is 4.98 Å². The molecule has 0 aromatic carbocycles. The lowest BCUT2D eigenvalue weighted by Crippen LogP contribution is -2.03. The molecule has 1 nitrogen and oxygen atoms in total. The number of hydrogen-bond acceptors (Lipinski definition) is 1. The molecule has 0 N–H and O–H groups in total. The van der Waals surface area contributed by atoms with Gasteiger partial charge in [0, 0.05) is 17.3 Å². The summed E-state index contributed by atoms with van der Waals surface area (Å²) >= 11 is 0. The van der Waals surface area contributed by atoms with Crippen molar-refractivity contribution in [1.82, 2.24) is 4.98 Å². The Bertz CT molecular complexity index is 333. The third-order valence-electron chi connectivity index (χ3n) is 4.14. The smallest absolute Gasteiger partial charge is 0.0437 e. The number of pyridine rings is 1. The van der Waals surface area contributed by atoms with Gasteiger partial charge in [-0.2, -0.15) is 0 Å². The first-order valence-corrected chi connectivity index (χ1v) is 8.71. The van der Waals surface area contributed by atoms with Crippen molar-refractivity contribution >= 4 is 0 Å². The van der Waals surface area contributed by atoms with Crippen molar-refractivity contribution in [2.45, 2.75) is 90.9 Å². The lowest BCUT2D eigenvalue weighted by Gasteiger charge is -2.17. The molecule has 0 unspecified atom stereocenters. The zero-order chi connectivity index (χ0) is 14.6. The molecule has 1 rings (SSSR count). The lowest BCUT2D eigenvalue weighted by molar-refractivity contribution is 0.488. The number of unbranched alkanes of at least 4 members (excludes halogenated alkanes) is 6. The average molecular weight is 275 g/mol. The molecule has 114 valence electrons. The molecule has 0 spiro atoms. The van der Waals surface area contributed by atoms with E-state index in [1.54, 1.807) is 0 Å². The first kappa shape index (κ1) is 17.2. The zero-order valence-electron chi connectivity index (χ0n) is 13.8. The summed E-state index contributed by atoms with van der Waals surface area (Å²) in [6.45, 7) is 6.67. The van der Waals surface area contributed by atoms with Gasteiger partial charge in [-0.25, -0.2) is 0 Å². The van der Waals surface area contributed by atoms with Crippen LogP contribution in [0, 0.1) is 6.92 Å². The molecule has 0 atom stereocenters. The molecule has 0 bridgehead atoms. The van der Waals surface area contributed by atoms with Crippen molar-refractivity contribution in [3.05, 3.63) is 29.6 Å². The molecule has 0 aliphatic rings. The van der Waals surface area contributed by atoms with Crippen molar-refractivity contribution < 1.29 is 0 Å². The van der Waals surface area contributed by atoms with Gasteiger partial charge in [0.1, 0.15) is 0 Å². The summed E-state index contributed by atoms with van der Waals surface area (Å²) in [5, 5.41) is 0. The van der Waals surface area contributed by atoms with E-state index in [1.807, 2.05) is 0 Å². The van der Waals surface area contributed by atoms with Crippen LogP contribution in [0.4, 0.5) is 0 Å². The highest BCUT2D eigenvalue weighted by atomic mass is 14.7. The molecular weight excluding hydrogens is 242 g/mol. The minimum atomic E-state index is 0.684. The normalized spacial score (nSPS) is 11.2. The molecule has 0 aliphatic carbocycles. The SMILES string of the molecule is CCCCCCC(CCCCCC)c1cccc(C)n1. The lowest BCUT2D eigenvalue weighted by atomic mass is 9.91. The number of rotatable bonds is 11. The van der Waals surface area contributed by atoms with Crippen molar-refractivity contribution in [1.29, 1.82) is 0 Å². The first-order chi connectivity index (χ1) is 9.77. The summed E-state index contributed by atoms with van der Waals surface area (Å²) in [5.41, 5.74) is 2.49. The predicted octanol–water partition coefficient (Wildman–Crippen LogP) is 6.41. The maximum absolute atomic E-state index is 4.77. The minimum absolute atomic E-state index is 0.684. The third kappa shape index (κ3) is 7.07. The zero-order valence-corrected chi connectivity index (χ0v) is 13.8. The fourth-order valence-electron chi connectivity index (χ4n) is 2.87. The van der Waals surface area contributed by atoms with Crippen LogP contribution in [0.1, 0.15) is 95.4 Å². The molecule has 0 radical (unpaired) electrons. The van der Waals surface area contributed by atoms with Crippen LogP contribution >= 0.6 is 0 Å². The Labute approximate surface area is 126 Å². The predicted molar refractivity (Wildman–Crippen MR) is 89.2 cm³/mol. The van der Waals surface area contributed by atoms with Crippen molar-refractivity contribution in [2.24, 2.45) is 0 Å². The summed E-state index contributed by atoms with van der Waals surface area (Å²) in [6, 6.07) is 6.51. The summed E-state index contributed by atoms with van der Waals surface area (Å²) in [7, 11) is 0. The van der Waals surface area contributed by atoms with Gasteiger partial charge < -0.3 is 0 Å². The van der Waals surface area contributed by atoms with Crippen LogP contribution in [-0.2, 0) is 0 Å². The molecule has 1 aromatic rings. The molecular formula is C19H33N. The molecule has 0 fully saturated rings. The van der Waals surface area contributed by atoms with Crippen LogP contribution in [0.15, 0.2) is 18.2 Å². The van der Waals surface area contributed by atoms with E-state index in [4.69, 9.17) is 4.98 Å². The van der Waals surface area contributed by atoms with Gasteiger partial charge in [0.25, 0.3) is 0 Å². The molecule has 20 heavy (non-hydrogen) atoms. The summed E-state index contributed by atoms with van der Waals surface area (Å²) < 4.78 is 0. The molecule has 1 heterocycles. The molecule has 0 saturated heterocycles. The van der Waals surface area contributed by atoms with E-state index < -0.39 is 0 Å². The fraction of sp³-hybridized carbons (Fsp3) is 0.737. The monoisotopic (exact) mass is 275 g/mol. The van der Waals surface area contributed by atoms with Gasteiger partial charge in [-0.05, 0) is 31.9 Å². The van der Waals surface area contributed by atoms with E-state index in [-0.39, 0.29) is 0 Å². The van der Waals surface area contributed by atoms with E-state index in [9.17, 15) is 0 Å². The fourth-order valence-corrected chi connectivity index (χ4v) is 2.87. The number of nitrogens with zero attached hydrogens (tertiary/aromatic N) is 1. The van der Waals surface area contributed by atoms with E-state index in [2.05, 4.69) is 39.0 Å². The highest BCUT2D eigenvalue weighted by Gasteiger charge is 2.12. The average Bonchev–Trinajstić information content (AvgIpc) is 2.45. The van der Waals surface area contributed by atoms with Crippen LogP contribution in [0.3, 0.4) is 0 Å². The highest BCUT2D eigenvalue weighted by Crippen LogP contribution is 2.27. The quantitative estimate of drug-likeness (QED) is 0.425. The first-order valence-electron chi connectivity index (χ1n) is 8.71. The van der Waals surface area contributed by atoms with Gasteiger partial charge >= 0.3 is 0 Å². The Hall–Kier alpha value is -0.850. The molecule has 0 amide bonds. The second-order valence-electron chi connectivity index (χ2n) is 6.10. The van der Waals surface area contributed by atoms with Crippen LogP contribution in [-0.4, -0.2) is 4.98 Å². The minimum Gasteiger partial charge on any atom is -0.258 e. The molecule has 1 aromatic heterocycles. The van der Waals surface area contributed by atoms with Gasteiger partial charge in [0.15, 0.2) is 0 Å².